The zero-order valence-electron chi connectivity index (χ0n) is 13.8. The second kappa shape index (κ2) is 11.2. The Morgan fingerprint density at radius 2 is 1.42 bits per heavy atom. The number of hydrogen-bond acceptors (Lipinski definition) is 3. The Labute approximate surface area is 153 Å². The van der Waals surface area contributed by atoms with Crippen molar-refractivity contribution in [2.24, 2.45) is 5.92 Å². The topological polar surface area (TPSA) is 37.3 Å². The fraction of sp³-hybridized carbons (Fsp3) is 0.350. The van der Waals surface area contributed by atoms with Crippen LogP contribution in [0.1, 0.15) is 24.0 Å². The highest BCUT2D eigenvalue weighted by molar-refractivity contribution is 7.98. The van der Waals surface area contributed by atoms with E-state index in [2.05, 4.69) is 36.4 Å². The molecule has 0 saturated heterocycles. The van der Waals surface area contributed by atoms with Crippen LogP contribution in [0.5, 0.6) is 0 Å². The molecule has 1 atom stereocenters. The van der Waals surface area contributed by atoms with Crippen LogP contribution in [0.4, 0.5) is 0 Å². The second-order valence-electron chi connectivity index (χ2n) is 5.72. The van der Waals surface area contributed by atoms with E-state index in [1.165, 1.54) is 11.1 Å². The minimum absolute atomic E-state index is 0.240. The van der Waals surface area contributed by atoms with Crippen LogP contribution in [0.2, 0.25) is 0 Å². The Morgan fingerprint density at radius 1 is 0.875 bits per heavy atom. The van der Waals surface area contributed by atoms with Crippen LogP contribution in [0.25, 0.3) is 0 Å². The number of benzene rings is 2. The van der Waals surface area contributed by atoms with Crippen LogP contribution < -0.4 is 0 Å². The zero-order valence-corrected chi connectivity index (χ0v) is 15.4. The van der Waals surface area contributed by atoms with Gasteiger partial charge in [-0.2, -0.15) is 23.5 Å². The highest BCUT2D eigenvalue weighted by Gasteiger charge is 2.16. The normalized spacial score (nSPS) is 12.0. The minimum Gasteiger partial charge on any atom is -0.481 e. The third-order valence-electron chi connectivity index (χ3n) is 3.73. The van der Waals surface area contributed by atoms with Gasteiger partial charge < -0.3 is 5.11 Å². The molecule has 0 fully saturated rings. The van der Waals surface area contributed by atoms with Crippen molar-refractivity contribution in [3.05, 3.63) is 71.8 Å². The summed E-state index contributed by atoms with van der Waals surface area (Å²) in [6, 6.07) is 20.6. The molecule has 0 heterocycles. The van der Waals surface area contributed by atoms with Crippen molar-refractivity contribution >= 4 is 29.5 Å². The standard InChI is InChI=1S/C20H24O2S2/c21-20(22)19(16-24-15-18-10-5-2-6-11-18)12-7-13-23-14-17-8-3-1-4-9-17/h1-6,8-11,19H,7,12-16H2,(H,21,22). The average molecular weight is 361 g/mol. The summed E-state index contributed by atoms with van der Waals surface area (Å²) in [5, 5.41) is 9.38. The maximum absolute atomic E-state index is 11.4. The van der Waals surface area contributed by atoms with E-state index in [4.69, 9.17) is 0 Å². The SMILES string of the molecule is O=C(O)C(CCCSCc1ccccc1)CSCc1ccccc1. The molecule has 2 aromatic rings. The molecule has 4 heteroatoms. The van der Waals surface area contributed by atoms with Gasteiger partial charge >= 0.3 is 5.97 Å². The van der Waals surface area contributed by atoms with Gasteiger partial charge in [0.05, 0.1) is 5.92 Å². The van der Waals surface area contributed by atoms with Gasteiger partial charge in [0.2, 0.25) is 0 Å². The Hall–Kier alpha value is -1.39. The first-order chi connectivity index (χ1) is 11.8. The summed E-state index contributed by atoms with van der Waals surface area (Å²) in [4.78, 5) is 11.4. The van der Waals surface area contributed by atoms with Crippen LogP contribution in [0, 0.1) is 5.92 Å². The van der Waals surface area contributed by atoms with Gasteiger partial charge in [-0.15, -0.1) is 0 Å². The molecule has 1 N–H and O–H groups in total. The summed E-state index contributed by atoms with van der Waals surface area (Å²) in [6.07, 6.45) is 1.72. The Balaban J connectivity index is 1.61. The Morgan fingerprint density at radius 3 is 1.96 bits per heavy atom. The molecule has 0 saturated carbocycles. The third-order valence-corrected chi connectivity index (χ3v) is 6.02. The van der Waals surface area contributed by atoms with Crippen molar-refractivity contribution in [3.63, 3.8) is 0 Å². The van der Waals surface area contributed by atoms with E-state index in [9.17, 15) is 9.90 Å². The number of aliphatic carboxylic acids is 1. The predicted octanol–water partition coefficient (Wildman–Crippen LogP) is 5.33. The Kier molecular flexibility index (Phi) is 8.85. The number of rotatable bonds is 11. The summed E-state index contributed by atoms with van der Waals surface area (Å²) >= 11 is 3.60. The van der Waals surface area contributed by atoms with Crippen molar-refractivity contribution in [2.75, 3.05) is 11.5 Å². The first-order valence-corrected chi connectivity index (χ1v) is 10.5. The summed E-state index contributed by atoms with van der Waals surface area (Å²) in [6.45, 7) is 0. The lowest BCUT2D eigenvalue weighted by atomic mass is 10.1. The van der Waals surface area contributed by atoms with E-state index in [0.717, 1.165) is 30.1 Å². The second-order valence-corrected chi connectivity index (χ2v) is 7.85. The Bertz CT molecular complexity index is 587. The first kappa shape index (κ1) is 18.9. The van der Waals surface area contributed by atoms with Crippen LogP contribution in [-0.2, 0) is 16.3 Å². The van der Waals surface area contributed by atoms with Crippen molar-refractivity contribution < 1.29 is 9.90 Å². The van der Waals surface area contributed by atoms with Crippen molar-refractivity contribution in [3.8, 4) is 0 Å². The van der Waals surface area contributed by atoms with Gasteiger partial charge in [0.15, 0.2) is 0 Å². The molecule has 128 valence electrons. The molecule has 1 unspecified atom stereocenters. The molecule has 2 aromatic carbocycles. The molecular formula is C20H24O2S2. The van der Waals surface area contributed by atoms with Crippen LogP contribution in [0.15, 0.2) is 60.7 Å². The number of carboxylic acids is 1. The lowest BCUT2D eigenvalue weighted by Gasteiger charge is -2.12. The fourth-order valence-electron chi connectivity index (χ4n) is 2.37. The van der Waals surface area contributed by atoms with Crippen LogP contribution in [0.3, 0.4) is 0 Å². The third kappa shape index (κ3) is 7.45. The van der Waals surface area contributed by atoms with Gasteiger partial charge in [-0.25, -0.2) is 0 Å². The van der Waals surface area contributed by atoms with E-state index in [0.29, 0.717) is 5.75 Å². The van der Waals surface area contributed by atoms with Crippen molar-refractivity contribution in [1.82, 2.24) is 0 Å². The molecule has 0 amide bonds. The lowest BCUT2D eigenvalue weighted by molar-refractivity contribution is -0.141. The molecule has 0 aliphatic rings. The van der Waals surface area contributed by atoms with E-state index in [1.54, 1.807) is 11.8 Å². The van der Waals surface area contributed by atoms with E-state index >= 15 is 0 Å². The van der Waals surface area contributed by atoms with Gasteiger partial charge in [-0.05, 0) is 29.7 Å². The van der Waals surface area contributed by atoms with E-state index in [1.807, 2.05) is 36.0 Å². The molecule has 24 heavy (non-hydrogen) atoms. The molecule has 2 rings (SSSR count). The molecule has 0 aliphatic carbocycles. The smallest absolute Gasteiger partial charge is 0.307 e. The number of carbonyl (C=O) groups is 1. The maximum Gasteiger partial charge on any atom is 0.307 e. The molecule has 0 aliphatic heterocycles. The van der Waals surface area contributed by atoms with Crippen LogP contribution >= 0.6 is 23.5 Å². The first-order valence-electron chi connectivity index (χ1n) is 8.22. The van der Waals surface area contributed by atoms with E-state index < -0.39 is 5.97 Å². The van der Waals surface area contributed by atoms with Gasteiger partial charge in [-0.1, -0.05) is 60.7 Å². The highest BCUT2D eigenvalue weighted by Crippen LogP contribution is 2.21. The van der Waals surface area contributed by atoms with Crippen molar-refractivity contribution in [2.45, 2.75) is 24.3 Å². The van der Waals surface area contributed by atoms with Gasteiger partial charge in [0.25, 0.3) is 0 Å². The molecule has 0 bridgehead atoms. The molecule has 2 nitrogen and oxygen atoms in total. The quantitative estimate of drug-likeness (QED) is 0.549. The van der Waals surface area contributed by atoms with Gasteiger partial charge in [0, 0.05) is 17.3 Å². The predicted molar refractivity (Wildman–Crippen MR) is 106 cm³/mol. The minimum atomic E-state index is -0.663. The van der Waals surface area contributed by atoms with Gasteiger partial charge in [-0.3, -0.25) is 4.79 Å². The molecular weight excluding hydrogens is 336 g/mol. The highest BCUT2D eigenvalue weighted by atomic mass is 32.2. The van der Waals surface area contributed by atoms with Crippen molar-refractivity contribution in [1.29, 1.82) is 0 Å². The maximum atomic E-state index is 11.4. The molecule has 0 radical (unpaired) electrons. The number of thioether (sulfide) groups is 2. The van der Waals surface area contributed by atoms with Gasteiger partial charge in [0.1, 0.15) is 0 Å². The van der Waals surface area contributed by atoms with E-state index in [-0.39, 0.29) is 5.92 Å². The lowest BCUT2D eigenvalue weighted by Crippen LogP contribution is -2.16. The molecule has 0 spiro atoms. The fourth-order valence-corrected chi connectivity index (χ4v) is 4.45. The molecule has 0 aromatic heterocycles. The van der Waals surface area contributed by atoms with Crippen LogP contribution in [-0.4, -0.2) is 22.6 Å². The summed E-state index contributed by atoms with van der Waals surface area (Å²) in [5.41, 5.74) is 2.58. The zero-order chi connectivity index (χ0) is 17.0. The largest absolute Gasteiger partial charge is 0.481 e. The number of hydrogen-bond donors (Lipinski definition) is 1. The summed E-state index contributed by atoms with van der Waals surface area (Å²) in [7, 11) is 0. The average Bonchev–Trinajstić information content (AvgIpc) is 2.61. The summed E-state index contributed by atoms with van der Waals surface area (Å²) in [5.74, 6) is 2.68. The monoisotopic (exact) mass is 360 g/mol. The number of carboxylic acid groups (broad SMARTS) is 1. The summed E-state index contributed by atoms with van der Waals surface area (Å²) < 4.78 is 0.